The number of methoxy groups -OCH3 is 3. The van der Waals surface area contributed by atoms with E-state index in [0.29, 0.717) is 5.56 Å². The quantitative estimate of drug-likeness (QED) is 0.605. The first kappa shape index (κ1) is 12.8. The minimum atomic E-state index is -0.646. The average molecular weight is 248 g/mol. The van der Waals surface area contributed by atoms with Crippen LogP contribution in [0, 0.1) is 0 Å². The predicted molar refractivity (Wildman–Crippen MR) is 67.1 cm³/mol. The highest BCUT2D eigenvalue weighted by Crippen LogP contribution is 2.42. The van der Waals surface area contributed by atoms with E-state index in [1.54, 1.807) is 26.4 Å². The Labute approximate surface area is 106 Å². The van der Waals surface area contributed by atoms with Gasteiger partial charge in [-0.1, -0.05) is 18.2 Å². The monoisotopic (exact) mass is 248 g/mol. The Bertz CT molecular complexity index is 469. The van der Waals surface area contributed by atoms with Crippen LogP contribution in [0.4, 0.5) is 0 Å². The maximum absolute atomic E-state index is 11.3. The second-order valence-corrected chi connectivity index (χ2v) is 4.05. The van der Waals surface area contributed by atoms with E-state index < -0.39 is 5.79 Å². The lowest BCUT2D eigenvalue weighted by Crippen LogP contribution is -2.40. The molecule has 0 saturated carbocycles. The van der Waals surface area contributed by atoms with Crippen LogP contribution in [0.15, 0.2) is 30.3 Å². The normalized spacial score (nSPS) is 16.7. The van der Waals surface area contributed by atoms with E-state index in [9.17, 15) is 4.79 Å². The minimum absolute atomic E-state index is 0.339. The van der Waals surface area contributed by atoms with Gasteiger partial charge in [0.1, 0.15) is 0 Å². The zero-order valence-electron chi connectivity index (χ0n) is 10.7. The minimum Gasteiger partial charge on any atom is -0.465 e. The molecule has 4 heteroatoms. The third-order valence-corrected chi connectivity index (χ3v) is 3.26. The van der Waals surface area contributed by atoms with Gasteiger partial charge in [-0.05, 0) is 17.7 Å². The Kier molecular flexibility index (Phi) is 3.50. The molecule has 0 radical (unpaired) electrons. The molecule has 0 spiro atoms. The Balaban J connectivity index is 2.24. The van der Waals surface area contributed by atoms with Crippen molar-refractivity contribution in [2.45, 2.75) is 12.2 Å². The molecule has 0 saturated heterocycles. The Morgan fingerprint density at radius 2 is 1.72 bits per heavy atom. The summed E-state index contributed by atoms with van der Waals surface area (Å²) in [6.45, 7) is 0. The summed E-state index contributed by atoms with van der Waals surface area (Å²) in [5.74, 6) is -0.985. The van der Waals surface area contributed by atoms with E-state index in [0.717, 1.165) is 17.6 Å². The smallest absolute Gasteiger partial charge is 0.337 e. The second kappa shape index (κ2) is 4.92. The molecule has 4 nitrogen and oxygen atoms in total. The molecule has 0 aromatic heterocycles. The fraction of sp³-hybridized carbons (Fsp3) is 0.357. The summed E-state index contributed by atoms with van der Waals surface area (Å²) >= 11 is 0. The molecule has 0 bridgehead atoms. The number of benzene rings is 1. The van der Waals surface area contributed by atoms with Gasteiger partial charge in [0.2, 0.25) is 0 Å². The highest BCUT2D eigenvalue weighted by Gasteiger charge is 2.41. The first-order valence-electron chi connectivity index (χ1n) is 5.66. The molecule has 96 valence electrons. The first-order chi connectivity index (χ1) is 8.66. The summed E-state index contributed by atoms with van der Waals surface area (Å²) in [7, 11) is 4.62. The lowest BCUT2D eigenvalue weighted by Gasteiger charge is -2.39. The predicted octanol–water partition coefficient (Wildman–Crippen LogP) is 2.25. The number of ether oxygens (including phenoxy) is 3. The molecule has 0 atom stereocenters. The fourth-order valence-electron chi connectivity index (χ4n) is 2.08. The van der Waals surface area contributed by atoms with Crippen molar-refractivity contribution in [1.82, 2.24) is 0 Å². The van der Waals surface area contributed by atoms with Gasteiger partial charge in [0.15, 0.2) is 5.79 Å². The lowest BCUT2D eigenvalue weighted by atomic mass is 9.84. The summed E-state index contributed by atoms with van der Waals surface area (Å²) in [5.41, 5.74) is 2.50. The van der Waals surface area contributed by atoms with Gasteiger partial charge in [0, 0.05) is 26.2 Å². The van der Waals surface area contributed by atoms with Crippen LogP contribution in [0.25, 0.3) is 5.57 Å². The van der Waals surface area contributed by atoms with Gasteiger partial charge in [-0.3, -0.25) is 0 Å². The van der Waals surface area contributed by atoms with Crippen molar-refractivity contribution in [1.29, 1.82) is 0 Å². The van der Waals surface area contributed by atoms with Crippen molar-refractivity contribution < 1.29 is 19.0 Å². The molecule has 1 aromatic carbocycles. The summed E-state index contributed by atoms with van der Waals surface area (Å²) in [6, 6.07) is 7.20. The first-order valence-corrected chi connectivity index (χ1v) is 5.66. The van der Waals surface area contributed by atoms with E-state index in [-0.39, 0.29) is 5.97 Å². The summed E-state index contributed by atoms with van der Waals surface area (Å²) in [4.78, 5) is 11.3. The standard InChI is InChI=1S/C14H16O4/c1-16-13(15)11-6-4-10(5-7-11)12-8-9-14(12,17-2)18-3/h4-8H,9H2,1-3H3. The molecule has 1 aliphatic rings. The molecule has 0 heterocycles. The molecule has 0 fully saturated rings. The Morgan fingerprint density at radius 1 is 1.11 bits per heavy atom. The number of carbonyl (C=O) groups excluding carboxylic acids is 1. The summed E-state index contributed by atoms with van der Waals surface area (Å²) in [5, 5.41) is 0. The van der Waals surface area contributed by atoms with Crippen molar-refractivity contribution in [3.05, 3.63) is 41.5 Å². The molecule has 18 heavy (non-hydrogen) atoms. The molecular weight excluding hydrogens is 232 g/mol. The Morgan fingerprint density at radius 3 is 2.11 bits per heavy atom. The van der Waals surface area contributed by atoms with Gasteiger partial charge in [0.25, 0.3) is 0 Å². The van der Waals surface area contributed by atoms with E-state index >= 15 is 0 Å². The topological polar surface area (TPSA) is 44.8 Å². The van der Waals surface area contributed by atoms with Gasteiger partial charge >= 0.3 is 5.97 Å². The third-order valence-electron chi connectivity index (χ3n) is 3.26. The van der Waals surface area contributed by atoms with E-state index in [1.807, 2.05) is 12.1 Å². The number of hydrogen-bond acceptors (Lipinski definition) is 4. The Hall–Kier alpha value is -1.65. The second-order valence-electron chi connectivity index (χ2n) is 4.05. The maximum Gasteiger partial charge on any atom is 0.337 e. The number of carbonyl (C=O) groups is 1. The zero-order chi connectivity index (χ0) is 13.2. The van der Waals surface area contributed by atoms with Gasteiger partial charge in [-0.25, -0.2) is 4.79 Å². The summed E-state index contributed by atoms with van der Waals surface area (Å²) < 4.78 is 15.5. The van der Waals surface area contributed by atoms with Crippen molar-refractivity contribution in [3.8, 4) is 0 Å². The van der Waals surface area contributed by atoms with Crippen molar-refractivity contribution in [2.24, 2.45) is 0 Å². The van der Waals surface area contributed by atoms with Gasteiger partial charge in [-0.2, -0.15) is 0 Å². The van der Waals surface area contributed by atoms with E-state index in [1.165, 1.54) is 7.11 Å². The SMILES string of the molecule is COC(=O)c1ccc(C2=CCC2(OC)OC)cc1. The maximum atomic E-state index is 11.3. The van der Waals surface area contributed by atoms with Crippen molar-refractivity contribution >= 4 is 11.5 Å². The van der Waals surface area contributed by atoms with Gasteiger partial charge in [-0.15, -0.1) is 0 Å². The van der Waals surface area contributed by atoms with Crippen LogP contribution in [0.2, 0.25) is 0 Å². The largest absolute Gasteiger partial charge is 0.465 e. The summed E-state index contributed by atoms with van der Waals surface area (Å²) in [6.07, 6.45) is 2.79. The molecule has 0 amide bonds. The van der Waals surface area contributed by atoms with Crippen LogP contribution < -0.4 is 0 Å². The molecule has 1 aliphatic carbocycles. The van der Waals surface area contributed by atoms with Crippen LogP contribution in [0.3, 0.4) is 0 Å². The number of esters is 1. The average Bonchev–Trinajstić information content (AvgIpc) is 2.39. The van der Waals surface area contributed by atoms with E-state index in [4.69, 9.17) is 9.47 Å². The highest BCUT2D eigenvalue weighted by atomic mass is 16.7. The molecular formula is C14H16O4. The van der Waals surface area contributed by atoms with Crippen molar-refractivity contribution in [2.75, 3.05) is 21.3 Å². The zero-order valence-corrected chi connectivity index (χ0v) is 10.7. The number of rotatable bonds is 4. The molecule has 0 aliphatic heterocycles. The van der Waals surface area contributed by atoms with Crippen LogP contribution in [-0.4, -0.2) is 33.1 Å². The van der Waals surface area contributed by atoms with Gasteiger partial charge < -0.3 is 14.2 Å². The van der Waals surface area contributed by atoms with Crippen LogP contribution in [0.1, 0.15) is 22.3 Å². The van der Waals surface area contributed by atoms with Crippen molar-refractivity contribution in [3.63, 3.8) is 0 Å². The van der Waals surface area contributed by atoms with E-state index in [2.05, 4.69) is 10.8 Å². The number of hydrogen-bond donors (Lipinski definition) is 0. The van der Waals surface area contributed by atoms with Crippen LogP contribution >= 0.6 is 0 Å². The van der Waals surface area contributed by atoms with Gasteiger partial charge in [0.05, 0.1) is 12.7 Å². The molecule has 0 N–H and O–H groups in total. The molecule has 1 aromatic rings. The molecule has 2 rings (SSSR count). The fourth-order valence-corrected chi connectivity index (χ4v) is 2.08. The third kappa shape index (κ3) is 1.94. The van der Waals surface area contributed by atoms with Crippen LogP contribution in [0.5, 0.6) is 0 Å². The highest BCUT2D eigenvalue weighted by molar-refractivity contribution is 5.90. The van der Waals surface area contributed by atoms with Crippen LogP contribution in [-0.2, 0) is 14.2 Å². The lowest BCUT2D eigenvalue weighted by molar-refractivity contribution is -0.168. The molecule has 0 unspecified atom stereocenters.